The summed E-state index contributed by atoms with van der Waals surface area (Å²) in [4.78, 5) is 26.2. The third-order valence-corrected chi connectivity index (χ3v) is 4.63. The topological polar surface area (TPSA) is 62.5 Å². The zero-order chi connectivity index (χ0) is 16.6. The van der Waals surface area contributed by atoms with Crippen LogP contribution in [0.1, 0.15) is 34.6 Å². The normalized spacial score (nSPS) is 17.0. The quantitative estimate of drug-likeness (QED) is 0.894. The van der Waals surface area contributed by atoms with Crippen LogP contribution in [0.25, 0.3) is 0 Å². The predicted molar refractivity (Wildman–Crippen MR) is 89.4 cm³/mol. The highest BCUT2D eigenvalue weighted by Gasteiger charge is 2.36. The lowest BCUT2D eigenvalue weighted by Gasteiger charge is -2.34. The van der Waals surface area contributed by atoms with Gasteiger partial charge in [0.25, 0.3) is 5.91 Å². The molecule has 1 aromatic carbocycles. The van der Waals surface area contributed by atoms with Gasteiger partial charge in [-0.3, -0.25) is 4.79 Å². The summed E-state index contributed by atoms with van der Waals surface area (Å²) >= 11 is 3.38. The molecule has 120 valence electrons. The Morgan fingerprint density at radius 2 is 2.09 bits per heavy atom. The smallest absolute Gasteiger partial charge is 0.331 e. The lowest BCUT2D eigenvalue weighted by molar-refractivity contribution is -0.143. The van der Waals surface area contributed by atoms with E-state index in [1.54, 1.807) is 12.1 Å². The molecular weight excluding hydrogens is 360 g/mol. The van der Waals surface area contributed by atoms with Crippen molar-refractivity contribution < 1.29 is 14.7 Å². The van der Waals surface area contributed by atoms with E-state index in [2.05, 4.69) is 15.9 Å². The standard InChI is InChI=1S/C17H17BrN2O3/c1-2-19-10-12(18)9-14(19)16(21)20-8-7-11-5-3-4-6-13(11)15(20)17(22)23/h3-6,9-10,15H,2,7-8H2,1H3,(H,22,23). The van der Waals surface area contributed by atoms with Gasteiger partial charge in [0.1, 0.15) is 5.69 Å². The van der Waals surface area contributed by atoms with E-state index in [1.807, 2.05) is 35.9 Å². The van der Waals surface area contributed by atoms with E-state index in [1.165, 1.54) is 4.90 Å². The minimum Gasteiger partial charge on any atom is -0.479 e. The molecule has 1 aliphatic heterocycles. The molecule has 1 unspecified atom stereocenters. The number of nitrogens with zero attached hydrogens (tertiary/aromatic N) is 2. The van der Waals surface area contributed by atoms with Crippen LogP contribution < -0.4 is 0 Å². The molecule has 0 aliphatic carbocycles. The average molecular weight is 377 g/mol. The summed E-state index contributed by atoms with van der Waals surface area (Å²) in [6.07, 6.45) is 2.50. The first kappa shape index (κ1) is 15.8. The minimum absolute atomic E-state index is 0.251. The number of halogens is 1. The highest BCUT2D eigenvalue weighted by molar-refractivity contribution is 9.10. The van der Waals surface area contributed by atoms with Crippen molar-refractivity contribution in [2.45, 2.75) is 25.9 Å². The Balaban J connectivity index is 2.02. The van der Waals surface area contributed by atoms with Crippen molar-refractivity contribution in [2.75, 3.05) is 6.54 Å². The van der Waals surface area contributed by atoms with Crippen molar-refractivity contribution in [2.24, 2.45) is 0 Å². The molecule has 1 amide bonds. The molecule has 1 N–H and O–H groups in total. The van der Waals surface area contributed by atoms with Gasteiger partial charge < -0.3 is 14.6 Å². The maximum absolute atomic E-state index is 12.9. The summed E-state index contributed by atoms with van der Waals surface area (Å²) < 4.78 is 2.64. The highest BCUT2D eigenvalue weighted by Crippen LogP contribution is 2.31. The highest BCUT2D eigenvalue weighted by atomic mass is 79.9. The van der Waals surface area contributed by atoms with Gasteiger partial charge in [-0.15, -0.1) is 0 Å². The summed E-state index contributed by atoms with van der Waals surface area (Å²) in [5.74, 6) is -1.25. The van der Waals surface area contributed by atoms with Crippen molar-refractivity contribution >= 4 is 27.8 Å². The molecule has 2 heterocycles. The van der Waals surface area contributed by atoms with E-state index in [4.69, 9.17) is 0 Å². The second kappa shape index (κ2) is 6.20. The van der Waals surface area contributed by atoms with Crippen LogP contribution in [0, 0.1) is 0 Å². The first-order chi connectivity index (χ1) is 11.0. The number of aromatic nitrogens is 1. The fourth-order valence-electron chi connectivity index (χ4n) is 3.11. The summed E-state index contributed by atoms with van der Waals surface area (Å²) in [7, 11) is 0. The van der Waals surface area contributed by atoms with Gasteiger partial charge in [0.15, 0.2) is 6.04 Å². The van der Waals surface area contributed by atoms with E-state index in [0.29, 0.717) is 30.8 Å². The Hall–Kier alpha value is -2.08. The number of carbonyl (C=O) groups is 2. The fourth-order valence-corrected chi connectivity index (χ4v) is 3.58. The maximum Gasteiger partial charge on any atom is 0.331 e. The van der Waals surface area contributed by atoms with Crippen LogP contribution in [0.3, 0.4) is 0 Å². The third kappa shape index (κ3) is 2.79. The van der Waals surface area contributed by atoms with Gasteiger partial charge in [-0.25, -0.2) is 4.79 Å². The van der Waals surface area contributed by atoms with Crippen LogP contribution in [0.15, 0.2) is 41.0 Å². The number of hydrogen-bond acceptors (Lipinski definition) is 2. The second-order valence-corrected chi connectivity index (χ2v) is 6.43. The van der Waals surface area contributed by atoms with Crippen molar-refractivity contribution in [1.82, 2.24) is 9.47 Å². The molecule has 1 atom stereocenters. The van der Waals surface area contributed by atoms with Crippen LogP contribution in [-0.2, 0) is 17.8 Å². The average Bonchev–Trinajstić information content (AvgIpc) is 2.93. The lowest BCUT2D eigenvalue weighted by Crippen LogP contribution is -2.44. The van der Waals surface area contributed by atoms with Gasteiger partial charge in [-0.05, 0) is 46.5 Å². The van der Waals surface area contributed by atoms with Gasteiger partial charge in [-0.1, -0.05) is 24.3 Å². The van der Waals surface area contributed by atoms with Crippen molar-refractivity contribution in [3.8, 4) is 0 Å². The summed E-state index contributed by atoms with van der Waals surface area (Å²) in [5, 5.41) is 9.67. The van der Waals surface area contributed by atoms with Gasteiger partial charge in [0.05, 0.1) is 0 Å². The number of carboxylic acid groups (broad SMARTS) is 1. The second-order valence-electron chi connectivity index (χ2n) is 5.52. The van der Waals surface area contributed by atoms with Crippen molar-refractivity contribution in [3.05, 3.63) is 57.8 Å². The molecule has 0 radical (unpaired) electrons. The van der Waals surface area contributed by atoms with Crippen LogP contribution >= 0.6 is 15.9 Å². The Kier molecular flexibility index (Phi) is 4.26. The zero-order valence-corrected chi connectivity index (χ0v) is 14.3. The number of rotatable bonds is 3. The molecule has 0 spiro atoms. The van der Waals surface area contributed by atoms with Crippen LogP contribution in [0.2, 0.25) is 0 Å². The van der Waals surface area contributed by atoms with Gasteiger partial charge in [0, 0.05) is 23.8 Å². The summed E-state index contributed by atoms with van der Waals surface area (Å²) in [6, 6.07) is 8.24. The molecule has 0 bridgehead atoms. The number of amides is 1. The molecule has 1 aliphatic rings. The van der Waals surface area contributed by atoms with Crippen molar-refractivity contribution in [3.63, 3.8) is 0 Å². The molecule has 0 saturated heterocycles. The number of aryl methyl sites for hydroxylation is 1. The molecule has 23 heavy (non-hydrogen) atoms. The molecule has 6 heteroatoms. The van der Waals surface area contributed by atoms with Crippen molar-refractivity contribution in [1.29, 1.82) is 0 Å². The Morgan fingerprint density at radius 3 is 2.78 bits per heavy atom. The predicted octanol–water partition coefficient (Wildman–Crippen LogP) is 3.09. The van der Waals surface area contributed by atoms with E-state index in [-0.39, 0.29) is 5.91 Å². The largest absolute Gasteiger partial charge is 0.479 e. The van der Waals surface area contributed by atoms with Crippen LogP contribution in [0.5, 0.6) is 0 Å². The third-order valence-electron chi connectivity index (χ3n) is 4.20. The first-order valence-corrected chi connectivity index (χ1v) is 8.29. The molecular formula is C17H17BrN2O3. The Labute approximate surface area is 142 Å². The van der Waals surface area contributed by atoms with Gasteiger partial charge in [-0.2, -0.15) is 0 Å². The summed E-state index contributed by atoms with van der Waals surface area (Å²) in [6.45, 7) is 3.00. The zero-order valence-electron chi connectivity index (χ0n) is 12.7. The lowest BCUT2D eigenvalue weighted by atomic mass is 9.92. The molecule has 0 saturated carbocycles. The monoisotopic (exact) mass is 376 g/mol. The molecule has 1 aromatic heterocycles. The molecule has 0 fully saturated rings. The van der Waals surface area contributed by atoms with E-state index in [0.717, 1.165) is 10.0 Å². The first-order valence-electron chi connectivity index (χ1n) is 7.50. The molecule has 5 nitrogen and oxygen atoms in total. The number of fused-ring (bicyclic) bond motifs is 1. The number of hydrogen-bond donors (Lipinski definition) is 1. The number of aliphatic carboxylic acids is 1. The van der Waals surface area contributed by atoms with E-state index in [9.17, 15) is 14.7 Å². The summed E-state index contributed by atoms with van der Waals surface area (Å²) in [5.41, 5.74) is 2.20. The number of carbonyl (C=O) groups excluding carboxylic acids is 1. The SMILES string of the molecule is CCn1cc(Br)cc1C(=O)N1CCc2ccccc2C1C(=O)O. The van der Waals surface area contributed by atoms with Crippen LogP contribution in [-0.4, -0.2) is 33.0 Å². The Bertz CT molecular complexity index is 769. The Morgan fingerprint density at radius 1 is 1.35 bits per heavy atom. The maximum atomic E-state index is 12.9. The molecule has 2 aromatic rings. The van der Waals surface area contributed by atoms with E-state index < -0.39 is 12.0 Å². The minimum atomic E-state index is -1.00. The van der Waals surface area contributed by atoms with Gasteiger partial charge in [0.2, 0.25) is 0 Å². The van der Waals surface area contributed by atoms with Gasteiger partial charge >= 0.3 is 5.97 Å². The van der Waals surface area contributed by atoms with Crippen LogP contribution in [0.4, 0.5) is 0 Å². The molecule has 3 rings (SSSR count). The number of carboxylic acids is 1. The number of benzene rings is 1. The fraction of sp³-hybridized carbons (Fsp3) is 0.294. The van der Waals surface area contributed by atoms with E-state index >= 15 is 0 Å².